The second kappa shape index (κ2) is 5.74. The van der Waals surface area contributed by atoms with Crippen LogP contribution in [-0.2, 0) is 9.59 Å². The molecule has 2 rings (SSSR count). The average molecular weight is 265 g/mol. The van der Waals surface area contributed by atoms with Crippen LogP contribution in [0, 0.1) is 0 Å². The summed E-state index contributed by atoms with van der Waals surface area (Å²) in [5.74, 6) is -0.155. The Labute approximate surface area is 114 Å². The zero-order valence-electron chi connectivity index (χ0n) is 11.7. The molecule has 106 valence electrons. The second-order valence-corrected chi connectivity index (χ2v) is 5.58. The lowest BCUT2D eigenvalue weighted by molar-refractivity contribution is -0.142. The lowest BCUT2D eigenvalue weighted by Gasteiger charge is -2.39. The monoisotopic (exact) mass is 265 g/mol. The number of likely N-dealkylation sites (N-methyl/N-ethyl adjacent to an activating group) is 1. The van der Waals surface area contributed by atoms with Crippen LogP contribution in [0.25, 0.3) is 0 Å². The molecule has 1 N–H and O–H groups in total. The fourth-order valence-electron chi connectivity index (χ4n) is 2.97. The van der Waals surface area contributed by atoms with Gasteiger partial charge in [0.15, 0.2) is 0 Å². The summed E-state index contributed by atoms with van der Waals surface area (Å²) in [6.07, 6.45) is 4.74. The van der Waals surface area contributed by atoms with Gasteiger partial charge in [-0.15, -0.1) is 0 Å². The highest BCUT2D eigenvalue weighted by atomic mass is 16.2. The van der Waals surface area contributed by atoms with Crippen molar-refractivity contribution in [3.8, 4) is 0 Å². The molecule has 2 aliphatic rings. The number of hydrogen-bond acceptors (Lipinski definition) is 3. The number of hydrogen-bond donors (Lipinski definition) is 1. The highest BCUT2D eigenvalue weighted by Gasteiger charge is 2.44. The quantitative estimate of drug-likeness (QED) is 0.750. The van der Waals surface area contributed by atoms with Crippen LogP contribution in [0.1, 0.15) is 25.7 Å². The Kier molecular flexibility index (Phi) is 4.24. The molecule has 19 heavy (non-hydrogen) atoms. The summed E-state index contributed by atoms with van der Waals surface area (Å²) in [5, 5.41) is 2.89. The van der Waals surface area contributed by atoms with Crippen LogP contribution in [0.5, 0.6) is 0 Å². The van der Waals surface area contributed by atoms with Crippen molar-refractivity contribution in [1.82, 2.24) is 15.1 Å². The Hall–Kier alpha value is -1.36. The van der Waals surface area contributed by atoms with Crippen molar-refractivity contribution in [2.75, 3.05) is 33.2 Å². The first kappa shape index (κ1) is 14.1. The Balaban J connectivity index is 2.08. The van der Waals surface area contributed by atoms with E-state index in [9.17, 15) is 9.59 Å². The van der Waals surface area contributed by atoms with Crippen molar-refractivity contribution in [3.63, 3.8) is 0 Å². The van der Waals surface area contributed by atoms with Gasteiger partial charge in [0, 0.05) is 26.2 Å². The van der Waals surface area contributed by atoms with Crippen molar-refractivity contribution >= 4 is 11.8 Å². The van der Waals surface area contributed by atoms with Gasteiger partial charge in [-0.25, -0.2) is 0 Å². The van der Waals surface area contributed by atoms with Crippen molar-refractivity contribution in [3.05, 3.63) is 12.7 Å². The first-order chi connectivity index (χ1) is 9.07. The predicted octanol–water partition coefficient (Wildman–Crippen LogP) is 0.375. The molecule has 1 aliphatic carbocycles. The molecule has 5 nitrogen and oxygen atoms in total. The molecular weight excluding hydrogens is 242 g/mol. The second-order valence-electron chi connectivity index (χ2n) is 5.58. The summed E-state index contributed by atoms with van der Waals surface area (Å²) in [6, 6.07) is 0. The van der Waals surface area contributed by atoms with Crippen molar-refractivity contribution in [1.29, 1.82) is 0 Å². The van der Waals surface area contributed by atoms with E-state index in [0.717, 1.165) is 51.9 Å². The molecule has 1 aliphatic heterocycles. The van der Waals surface area contributed by atoms with Gasteiger partial charge in [-0.1, -0.05) is 19.4 Å². The molecule has 2 fully saturated rings. The van der Waals surface area contributed by atoms with Crippen molar-refractivity contribution < 1.29 is 9.59 Å². The molecule has 0 spiro atoms. The first-order valence-electron chi connectivity index (χ1n) is 7.00. The molecule has 0 aromatic heterocycles. The van der Waals surface area contributed by atoms with Crippen LogP contribution >= 0.6 is 0 Å². The molecule has 0 aromatic carbocycles. The SMILES string of the molecule is C=CC(=O)NC1(C(=O)N2CCN(C)CC2)CCCC1. The molecule has 1 saturated carbocycles. The lowest BCUT2D eigenvalue weighted by Crippen LogP contribution is -2.60. The van der Waals surface area contributed by atoms with E-state index in [1.54, 1.807) is 0 Å². The smallest absolute Gasteiger partial charge is 0.248 e. The molecule has 0 radical (unpaired) electrons. The first-order valence-corrected chi connectivity index (χ1v) is 7.00. The van der Waals surface area contributed by atoms with Crippen LogP contribution in [0.3, 0.4) is 0 Å². The van der Waals surface area contributed by atoms with E-state index in [4.69, 9.17) is 0 Å². The zero-order valence-corrected chi connectivity index (χ0v) is 11.7. The van der Waals surface area contributed by atoms with Crippen LogP contribution < -0.4 is 5.32 Å². The van der Waals surface area contributed by atoms with Gasteiger partial charge in [-0.2, -0.15) is 0 Å². The largest absolute Gasteiger partial charge is 0.338 e. The molecule has 0 atom stereocenters. The average Bonchev–Trinajstić information content (AvgIpc) is 2.88. The number of piperazine rings is 1. The number of amides is 2. The summed E-state index contributed by atoms with van der Waals surface area (Å²) in [7, 11) is 2.06. The Morgan fingerprint density at radius 2 is 1.74 bits per heavy atom. The van der Waals surface area contributed by atoms with Crippen LogP contribution in [0.2, 0.25) is 0 Å². The number of nitrogens with zero attached hydrogens (tertiary/aromatic N) is 2. The summed E-state index contributed by atoms with van der Waals surface area (Å²) in [6.45, 7) is 6.77. The van der Waals surface area contributed by atoms with E-state index in [-0.39, 0.29) is 11.8 Å². The summed E-state index contributed by atoms with van der Waals surface area (Å²) in [4.78, 5) is 28.5. The summed E-state index contributed by atoms with van der Waals surface area (Å²) in [5.41, 5.74) is -0.679. The Morgan fingerprint density at radius 3 is 2.26 bits per heavy atom. The van der Waals surface area contributed by atoms with Crippen LogP contribution in [0.15, 0.2) is 12.7 Å². The van der Waals surface area contributed by atoms with Crippen molar-refractivity contribution in [2.45, 2.75) is 31.2 Å². The van der Waals surface area contributed by atoms with Crippen molar-refractivity contribution in [2.24, 2.45) is 0 Å². The predicted molar refractivity (Wildman–Crippen MR) is 73.6 cm³/mol. The highest BCUT2D eigenvalue weighted by molar-refractivity contribution is 5.95. The Morgan fingerprint density at radius 1 is 1.16 bits per heavy atom. The van der Waals surface area contributed by atoms with E-state index in [0.29, 0.717) is 0 Å². The van der Waals surface area contributed by atoms with Crippen LogP contribution in [-0.4, -0.2) is 60.4 Å². The minimum atomic E-state index is -0.679. The normalized spacial score (nSPS) is 23.1. The standard InChI is InChI=1S/C14H23N3O2/c1-3-12(18)15-14(6-4-5-7-14)13(19)17-10-8-16(2)9-11-17/h3H,1,4-11H2,2H3,(H,15,18). The summed E-state index contributed by atoms with van der Waals surface area (Å²) < 4.78 is 0. The van der Waals surface area contributed by atoms with Gasteiger partial charge < -0.3 is 15.1 Å². The minimum absolute atomic E-state index is 0.0910. The highest BCUT2D eigenvalue weighted by Crippen LogP contribution is 2.31. The minimum Gasteiger partial charge on any atom is -0.338 e. The van der Waals surface area contributed by atoms with E-state index in [1.807, 2.05) is 4.90 Å². The van der Waals surface area contributed by atoms with Gasteiger partial charge >= 0.3 is 0 Å². The fraction of sp³-hybridized carbons (Fsp3) is 0.714. The number of carbonyl (C=O) groups is 2. The lowest BCUT2D eigenvalue weighted by atomic mass is 9.94. The molecule has 1 saturated heterocycles. The third-order valence-electron chi connectivity index (χ3n) is 4.20. The van der Waals surface area contributed by atoms with Gasteiger partial charge in [-0.3, -0.25) is 9.59 Å². The summed E-state index contributed by atoms with van der Waals surface area (Å²) >= 11 is 0. The molecule has 5 heteroatoms. The molecule has 0 unspecified atom stereocenters. The number of nitrogens with one attached hydrogen (secondary N) is 1. The van der Waals surface area contributed by atoms with Gasteiger partial charge in [0.2, 0.25) is 11.8 Å². The van der Waals surface area contributed by atoms with E-state index >= 15 is 0 Å². The third-order valence-corrected chi connectivity index (χ3v) is 4.20. The Bertz CT molecular complexity index is 367. The topological polar surface area (TPSA) is 52.7 Å². The zero-order chi connectivity index (χ0) is 13.9. The molecule has 1 heterocycles. The molecule has 0 aromatic rings. The van der Waals surface area contributed by atoms with Crippen LogP contribution in [0.4, 0.5) is 0 Å². The van der Waals surface area contributed by atoms with E-state index < -0.39 is 5.54 Å². The number of rotatable bonds is 3. The molecular formula is C14H23N3O2. The van der Waals surface area contributed by atoms with Gasteiger partial charge in [0.25, 0.3) is 0 Å². The maximum Gasteiger partial charge on any atom is 0.248 e. The van der Waals surface area contributed by atoms with Gasteiger partial charge in [0.1, 0.15) is 5.54 Å². The molecule has 0 bridgehead atoms. The number of carbonyl (C=O) groups excluding carboxylic acids is 2. The van der Waals surface area contributed by atoms with E-state index in [1.165, 1.54) is 6.08 Å². The van der Waals surface area contributed by atoms with Gasteiger partial charge in [0.05, 0.1) is 0 Å². The third kappa shape index (κ3) is 2.97. The maximum atomic E-state index is 12.7. The van der Waals surface area contributed by atoms with E-state index in [2.05, 4.69) is 23.8 Å². The van der Waals surface area contributed by atoms with Gasteiger partial charge in [-0.05, 0) is 26.0 Å². The molecule has 2 amide bonds. The maximum absolute atomic E-state index is 12.7. The fourth-order valence-corrected chi connectivity index (χ4v) is 2.97.